The van der Waals surface area contributed by atoms with Crippen molar-refractivity contribution < 1.29 is 19.1 Å². The molecule has 0 aliphatic heterocycles. The van der Waals surface area contributed by atoms with Crippen LogP contribution in [0.25, 0.3) is 10.8 Å². The van der Waals surface area contributed by atoms with Crippen LogP contribution in [0.4, 0.5) is 10.5 Å². The summed E-state index contributed by atoms with van der Waals surface area (Å²) in [5, 5.41) is 7.80. The number of benzene rings is 3. The Morgan fingerprint density at radius 2 is 1.51 bits per heavy atom. The van der Waals surface area contributed by atoms with E-state index in [1.807, 2.05) is 88.4 Å². The van der Waals surface area contributed by atoms with E-state index in [4.69, 9.17) is 4.74 Å². The lowest BCUT2D eigenvalue weighted by molar-refractivity contribution is -0.143. The number of nitrogens with zero attached hydrogens (tertiary/aromatic N) is 1. The van der Waals surface area contributed by atoms with E-state index in [2.05, 4.69) is 10.6 Å². The molecule has 0 aliphatic carbocycles. The van der Waals surface area contributed by atoms with Crippen LogP contribution < -0.4 is 10.6 Å². The predicted octanol–water partition coefficient (Wildman–Crippen LogP) is 6.68. The van der Waals surface area contributed by atoms with Crippen molar-refractivity contribution in [3.63, 3.8) is 0 Å². The smallest absolute Gasteiger partial charge is 0.408 e. The summed E-state index contributed by atoms with van der Waals surface area (Å²) in [7, 11) is 0. The van der Waals surface area contributed by atoms with Crippen molar-refractivity contribution in [2.24, 2.45) is 0 Å². The molecule has 0 aliphatic rings. The van der Waals surface area contributed by atoms with Gasteiger partial charge >= 0.3 is 6.09 Å². The van der Waals surface area contributed by atoms with Gasteiger partial charge in [-0.1, -0.05) is 55.5 Å². The van der Waals surface area contributed by atoms with E-state index >= 15 is 0 Å². The van der Waals surface area contributed by atoms with Gasteiger partial charge in [0.2, 0.25) is 5.91 Å². The number of rotatable bonds is 8. The Hall–Kier alpha value is -3.87. The molecule has 0 aromatic heterocycles. The summed E-state index contributed by atoms with van der Waals surface area (Å²) < 4.78 is 5.37. The minimum atomic E-state index is -0.914. The first-order valence-electron chi connectivity index (χ1n) is 13.5. The fourth-order valence-corrected chi connectivity index (χ4v) is 4.70. The standard InChI is InChI=1S/C32H41N3O4/c1-9-22(4)35(30(37)23(5)33-31(38)39-32(6,7)8)28(27-20(2)13-12-14-21(27)3)29(36)34-26-18-17-24-15-10-11-16-25(24)19-26/h10-19,22-23,28H,9H2,1-8H3,(H,33,38)(H,34,36). The zero-order valence-corrected chi connectivity index (χ0v) is 24.3. The number of nitrogens with one attached hydrogen (secondary N) is 2. The topological polar surface area (TPSA) is 87.7 Å². The van der Waals surface area contributed by atoms with Crippen molar-refractivity contribution in [3.05, 3.63) is 77.4 Å². The SMILES string of the molecule is CCC(C)N(C(=O)C(C)NC(=O)OC(C)(C)C)C(C(=O)Nc1ccc2ccccc2c1)c1c(C)cccc1C. The maximum atomic E-state index is 14.1. The molecule has 3 atom stereocenters. The Kier molecular flexibility index (Phi) is 9.38. The lowest BCUT2D eigenvalue weighted by Gasteiger charge is -2.38. The maximum absolute atomic E-state index is 14.1. The summed E-state index contributed by atoms with van der Waals surface area (Å²) in [5.41, 5.74) is 2.52. The Balaban J connectivity index is 2.04. The molecule has 2 N–H and O–H groups in total. The van der Waals surface area contributed by atoms with Crippen LogP contribution in [0.5, 0.6) is 0 Å². The molecule has 3 aromatic rings. The third-order valence-corrected chi connectivity index (χ3v) is 6.78. The Bertz CT molecular complexity index is 1320. The quantitative estimate of drug-likeness (QED) is 0.340. The van der Waals surface area contributed by atoms with E-state index in [0.29, 0.717) is 12.1 Å². The monoisotopic (exact) mass is 531 g/mol. The van der Waals surface area contributed by atoms with Crippen molar-refractivity contribution in [2.45, 2.75) is 85.5 Å². The van der Waals surface area contributed by atoms with Crippen LogP contribution in [0.15, 0.2) is 60.7 Å². The van der Waals surface area contributed by atoms with Crippen molar-refractivity contribution in [1.29, 1.82) is 0 Å². The number of carbonyl (C=O) groups is 3. The van der Waals surface area contributed by atoms with Gasteiger partial charge in [-0.05, 0) is 94.5 Å². The van der Waals surface area contributed by atoms with E-state index in [1.165, 1.54) is 0 Å². The first-order chi connectivity index (χ1) is 18.3. The number of aryl methyl sites for hydroxylation is 2. The lowest BCUT2D eigenvalue weighted by Crippen LogP contribution is -2.54. The van der Waals surface area contributed by atoms with E-state index < -0.39 is 23.8 Å². The van der Waals surface area contributed by atoms with E-state index in [9.17, 15) is 14.4 Å². The van der Waals surface area contributed by atoms with Gasteiger partial charge in [0.05, 0.1) is 0 Å². The molecule has 0 bridgehead atoms. The Morgan fingerprint density at radius 1 is 0.897 bits per heavy atom. The first kappa shape index (κ1) is 29.7. The second kappa shape index (κ2) is 12.3. The number of carbonyl (C=O) groups excluding carboxylic acids is 3. The van der Waals surface area contributed by atoms with E-state index in [0.717, 1.165) is 27.5 Å². The normalized spacial score (nSPS) is 13.7. The van der Waals surface area contributed by atoms with Crippen LogP contribution >= 0.6 is 0 Å². The second-order valence-electron chi connectivity index (χ2n) is 11.1. The van der Waals surface area contributed by atoms with Crippen molar-refractivity contribution in [3.8, 4) is 0 Å². The molecular formula is C32H41N3O4. The highest BCUT2D eigenvalue weighted by molar-refractivity contribution is 6.00. The number of ether oxygens (including phenoxy) is 1. The summed E-state index contributed by atoms with van der Waals surface area (Å²) in [5.74, 6) is -0.683. The third kappa shape index (κ3) is 7.37. The summed E-state index contributed by atoms with van der Waals surface area (Å²) in [6.45, 7) is 14.7. The average molecular weight is 532 g/mol. The molecule has 3 unspecified atom stereocenters. The van der Waals surface area contributed by atoms with Gasteiger partial charge in [-0.3, -0.25) is 9.59 Å². The van der Waals surface area contributed by atoms with Gasteiger partial charge in [0, 0.05) is 11.7 Å². The first-order valence-corrected chi connectivity index (χ1v) is 13.5. The fourth-order valence-electron chi connectivity index (χ4n) is 4.70. The largest absolute Gasteiger partial charge is 0.444 e. The molecule has 3 aromatic carbocycles. The van der Waals surface area contributed by atoms with Gasteiger partial charge in [0.1, 0.15) is 17.7 Å². The molecule has 7 heteroatoms. The molecule has 0 heterocycles. The molecule has 0 radical (unpaired) electrons. The van der Waals surface area contributed by atoms with E-state index in [1.54, 1.807) is 32.6 Å². The van der Waals surface area contributed by atoms with Crippen molar-refractivity contribution in [1.82, 2.24) is 10.2 Å². The van der Waals surface area contributed by atoms with Gasteiger partial charge in [0.25, 0.3) is 5.91 Å². The number of alkyl carbamates (subject to hydrolysis) is 1. The van der Waals surface area contributed by atoms with Crippen LogP contribution in [0, 0.1) is 13.8 Å². The van der Waals surface area contributed by atoms with Crippen LogP contribution in [0.3, 0.4) is 0 Å². The van der Waals surface area contributed by atoms with Gasteiger partial charge in [-0.15, -0.1) is 0 Å². The van der Waals surface area contributed by atoms with Crippen molar-refractivity contribution in [2.75, 3.05) is 5.32 Å². The van der Waals surface area contributed by atoms with Gasteiger partial charge in [-0.2, -0.15) is 0 Å². The van der Waals surface area contributed by atoms with Crippen LogP contribution in [-0.4, -0.2) is 40.5 Å². The summed E-state index contributed by atoms with van der Waals surface area (Å²) in [6, 6.07) is 17.4. The van der Waals surface area contributed by atoms with Gasteiger partial charge in [0.15, 0.2) is 0 Å². The minimum Gasteiger partial charge on any atom is -0.444 e. The molecular weight excluding hydrogens is 490 g/mol. The molecule has 0 fully saturated rings. The van der Waals surface area contributed by atoms with Crippen LogP contribution in [0.2, 0.25) is 0 Å². The van der Waals surface area contributed by atoms with Gasteiger partial charge in [-0.25, -0.2) is 4.79 Å². The number of fused-ring (bicyclic) bond motifs is 1. The minimum absolute atomic E-state index is 0.285. The van der Waals surface area contributed by atoms with Crippen LogP contribution in [0.1, 0.15) is 70.7 Å². The third-order valence-electron chi connectivity index (χ3n) is 6.78. The number of hydrogen-bond acceptors (Lipinski definition) is 4. The Labute approximate surface area is 231 Å². The number of amides is 3. The molecule has 3 rings (SSSR count). The number of anilines is 1. The lowest BCUT2D eigenvalue weighted by atomic mass is 9.92. The highest BCUT2D eigenvalue weighted by Gasteiger charge is 2.38. The molecule has 3 amide bonds. The summed E-state index contributed by atoms with van der Waals surface area (Å²) in [4.78, 5) is 42.2. The highest BCUT2D eigenvalue weighted by Crippen LogP contribution is 2.32. The van der Waals surface area contributed by atoms with E-state index in [-0.39, 0.29) is 17.9 Å². The van der Waals surface area contributed by atoms with Crippen LogP contribution in [-0.2, 0) is 14.3 Å². The molecule has 39 heavy (non-hydrogen) atoms. The molecule has 0 saturated heterocycles. The maximum Gasteiger partial charge on any atom is 0.408 e. The fraction of sp³-hybridized carbons (Fsp3) is 0.406. The highest BCUT2D eigenvalue weighted by atomic mass is 16.6. The molecule has 0 spiro atoms. The number of hydrogen-bond donors (Lipinski definition) is 2. The summed E-state index contributed by atoms with van der Waals surface area (Å²) >= 11 is 0. The molecule has 0 saturated carbocycles. The zero-order valence-electron chi connectivity index (χ0n) is 24.3. The van der Waals surface area contributed by atoms with Crippen molar-refractivity contribution >= 4 is 34.4 Å². The molecule has 7 nitrogen and oxygen atoms in total. The zero-order chi connectivity index (χ0) is 28.9. The predicted molar refractivity (Wildman–Crippen MR) is 157 cm³/mol. The summed E-state index contributed by atoms with van der Waals surface area (Å²) in [6.07, 6.45) is -0.0630. The van der Waals surface area contributed by atoms with Gasteiger partial charge < -0.3 is 20.3 Å². The molecule has 208 valence electrons. The Morgan fingerprint density at radius 3 is 2.10 bits per heavy atom. The second-order valence-corrected chi connectivity index (χ2v) is 11.1. The average Bonchev–Trinajstić information content (AvgIpc) is 2.86.